The van der Waals surface area contributed by atoms with E-state index in [4.69, 9.17) is 28.9 Å². The van der Waals surface area contributed by atoms with E-state index in [1.807, 2.05) is 0 Å². The molecule has 90 valence electrons. The second-order valence-corrected chi connectivity index (χ2v) is 5.55. The third kappa shape index (κ3) is 2.38. The minimum atomic E-state index is -0.367. The molecule has 0 atom stereocenters. The second-order valence-electron chi connectivity index (χ2n) is 3.26. The SMILES string of the molecule is Cn1ncc(N)c1NC(=O)c1cc(Cl)sc1Cl. The predicted molar refractivity (Wildman–Crippen MR) is 69.9 cm³/mol. The van der Waals surface area contributed by atoms with E-state index in [0.29, 0.717) is 25.7 Å². The first-order valence-electron chi connectivity index (χ1n) is 4.52. The molecule has 1 amide bonds. The molecule has 8 heteroatoms. The number of thiophene rings is 1. The number of aromatic nitrogens is 2. The van der Waals surface area contributed by atoms with Gasteiger partial charge in [-0.05, 0) is 6.07 Å². The van der Waals surface area contributed by atoms with Crippen LogP contribution in [-0.4, -0.2) is 15.7 Å². The Morgan fingerprint density at radius 2 is 2.29 bits per heavy atom. The molecule has 0 fully saturated rings. The fourth-order valence-electron chi connectivity index (χ4n) is 1.28. The van der Waals surface area contributed by atoms with Gasteiger partial charge in [0.05, 0.1) is 21.8 Å². The Kier molecular flexibility index (Phi) is 3.28. The molecule has 0 aliphatic heterocycles. The minimum absolute atomic E-state index is 0.322. The van der Waals surface area contributed by atoms with Crippen LogP contribution in [0.3, 0.4) is 0 Å². The molecule has 0 aliphatic rings. The maximum absolute atomic E-state index is 11.9. The molecule has 0 spiro atoms. The summed E-state index contributed by atoms with van der Waals surface area (Å²) in [6.07, 6.45) is 1.46. The highest BCUT2D eigenvalue weighted by atomic mass is 35.5. The summed E-state index contributed by atoms with van der Waals surface area (Å²) in [7, 11) is 1.67. The fraction of sp³-hybridized carbons (Fsp3) is 0.111. The van der Waals surface area contributed by atoms with Crippen LogP contribution >= 0.6 is 34.5 Å². The van der Waals surface area contributed by atoms with Crippen molar-refractivity contribution in [3.63, 3.8) is 0 Å². The largest absolute Gasteiger partial charge is 0.394 e. The van der Waals surface area contributed by atoms with E-state index >= 15 is 0 Å². The zero-order chi connectivity index (χ0) is 12.6. The van der Waals surface area contributed by atoms with Crippen molar-refractivity contribution >= 4 is 52.0 Å². The molecule has 5 nitrogen and oxygen atoms in total. The molecular formula is C9H8Cl2N4OS. The monoisotopic (exact) mass is 290 g/mol. The number of carbonyl (C=O) groups excluding carboxylic acids is 1. The number of nitrogens with two attached hydrogens (primary N) is 1. The summed E-state index contributed by atoms with van der Waals surface area (Å²) in [4.78, 5) is 11.9. The summed E-state index contributed by atoms with van der Waals surface area (Å²) in [5.74, 6) is 0.0573. The van der Waals surface area contributed by atoms with Crippen molar-refractivity contribution in [2.45, 2.75) is 0 Å². The van der Waals surface area contributed by atoms with Crippen molar-refractivity contribution in [2.75, 3.05) is 11.1 Å². The number of nitrogen functional groups attached to an aromatic ring is 1. The van der Waals surface area contributed by atoms with Crippen LogP contribution in [0.4, 0.5) is 11.5 Å². The molecule has 2 heterocycles. The van der Waals surface area contributed by atoms with E-state index in [1.165, 1.54) is 16.9 Å². The Balaban J connectivity index is 2.26. The lowest BCUT2D eigenvalue weighted by Crippen LogP contribution is -2.15. The van der Waals surface area contributed by atoms with Crippen molar-refractivity contribution in [3.05, 3.63) is 26.5 Å². The summed E-state index contributed by atoms with van der Waals surface area (Å²) in [5, 5.41) is 6.54. The van der Waals surface area contributed by atoms with Gasteiger partial charge in [-0.15, -0.1) is 11.3 Å². The third-order valence-electron chi connectivity index (χ3n) is 2.10. The molecule has 2 rings (SSSR count). The van der Waals surface area contributed by atoms with Crippen LogP contribution in [0.1, 0.15) is 10.4 Å². The van der Waals surface area contributed by atoms with Crippen molar-refractivity contribution in [1.29, 1.82) is 0 Å². The van der Waals surface area contributed by atoms with Crippen LogP contribution in [0.5, 0.6) is 0 Å². The van der Waals surface area contributed by atoms with E-state index in [9.17, 15) is 4.79 Å². The smallest absolute Gasteiger partial charge is 0.259 e. The molecule has 0 bridgehead atoms. The lowest BCUT2D eigenvalue weighted by atomic mass is 10.3. The van der Waals surface area contributed by atoms with Gasteiger partial charge in [0.2, 0.25) is 0 Å². The van der Waals surface area contributed by atoms with Crippen LogP contribution in [0.15, 0.2) is 12.3 Å². The number of rotatable bonds is 2. The van der Waals surface area contributed by atoms with Gasteiger partial charge in [-0.1, -0.05) is 23.2 Å². The Bertz CT molecular complexity index is 558. The number of halogens is 2. The molecule has 17 heavy (non-hydrogen) atoms. The van der Waals surface area contributed by atoms with Crippen molar-refractivity contribution in [3.8, 4) is 0 Å². The number of carbonyl (C=O) groups is 1. The Morgan fingerprint density at radius 3 is 2.76 bits per heavy atom. The number of aryl methyl sites for hydroxylation is 1. The molecule has 0 unspecified atom stereocenters. The number of nitrogens with one attached hydrogen (secondary N) is 1. The van der Waals surface area contributed by atoms with E-state index in [0.717, 1.165) is 11.3 Å². The van der Waals surface area contributed by atoms with Gasteiger partial charge in [-0.25, -0.2) is 0 Å². The lowest BCUT2D eigenvalue weighted by molar-refractivity contribution is 0.102. The third-order valence-corrected chi connectivity index (χ3v) is 3.59. The normalized spacial score (nSPS) is 10.5. The minimum Gasteiger partial charge on any atom is -0.394 e. The molecule has 0 saturated heterocycles. The van der Waals surface area contributed by atoms with Crippen LogP contribution in [0, 0.1) is 0 Å². The van der Waals surface area contributed by atoms with Gasteiger partial charge < -0.3 is 11.1 Å². The van der Waals surface area contributed by atoms with Gasteiger partial charge in [-0.2, -0.15) is 5.10 Å². The average Bonchev–Trinajstić information content (AvgIpc) is 2.74. The summed E-state index contributed by atoms with van der Waals surface area (Å²) >= 11 is 12.8. The first kappa shape index (κ1) is 12.2. The first-order valence-corrected chi connectivity index (χ1v) is 6.10. The molecule has 0 aliphatic carbocycles. The zero-order valence-electron chi connectivity index (χ0n) is 8.70. The highest BCUT2D eigenvalue weighted by Gasteiger charge is 2.16. The van der Waals surface area contributed by atoms with Crippen LogP contribution < -0.4 is 11.1 Å². The van der Waals surface area contributed by atoms with Crippen LogP contribution in [0.25, 0.3) is 0 Å². The maximum atomic E-state index is 11.9. The van der Waals surface area contributed by atoms with Gasteiger partial charge in [0, 0.05) is 7.05 Å². The molecule has 2 aromatic heterocycles. The van der Waals surface area contributed by atoms with Crippen molar-refractivity contribution < 1.29 is 4.79 Å². The number of hydrogen-bond acceptors (Lipinski definition) is 4. The topological polar surface area (TPSA) is 72.9 Å². The summed E-state index contributed by atoms with van der Waals surface area (Å²) < 4.78 is 2.26. The molecule has 0 radical (unpaired) electrons. The molecule has 3 N–H and O–H groups in total. The quantitative estimate of drug-likeness (QED) is 0.893. The Morgan fingerprint density at radius 1 is 1.59 bits per heavy atom. The lowest BCUT2D eigenvalue weighted by Gasteiger charge is -2.05. The molecular weight excluding hydrogens is 283 g/mol. The highest BCUT2D eigenvalue weighted by Crippen LogP contribution is 2.31. The number of amides is 1. The molecule has 0 aromatic carbocycles. The van der Waals surface area contributed by atoms with E-state index in [-0.39, 0.29) is 5.91 Å². The predicted octanol–water partition coefficient (Wildman–Crippen LogP) is 2.62. The average molecular weight is 291 g/mol. The highest BCUT2D eigenvalue weighted by molar-refractivity contribution is 7.20. The van der Waals surface area contributed by atoms with Crippen molar-refractivity contribution in [2.24, 2.45) is 7.05 Å². The number of nitrogens with zero attached hydrogens (tertiary/aromatic N) is 2. The Labute approximate surface area is 111 Å². The van der Waals surface area contributed by atoms with E-state index < -0.39 is 0 Å². The van der Waals surface area contributed by atoms with Crippen LogP contribution in [-0.2, 0) is 7.05 Å². The number of hydrogen-bond donors (Lipinski definition) is 2. The summed E-state index contributed by atoms with van der Waals surface area (Å²) in [5.41, 5.74) is 6.37. The Hall–Kier alpha value is -1.24. The van der Waals surface area contributed by atoms with Gasteiger partial charge in [0.1, 0.15) is 4.34 Å². The van der Waals surface area contributed by atoms with Gasteiger partial charge in [0.15, 0.2) is 5.82 Å². The number of anilines is 2. The first-order chi connectivity index (χ1) is 7.99. The maximum Gasteiger partial charge on any atom is 0.259 e. The fourth-order valence-corrected chi connectivity index (χ4v) is 2.74. The molecule has 2 aromatic rings. The summed E-state index contributed by atoms with van der Waals surface area (Å²) in [6.45, 7) is 0. The zero-order valence-corrected chi connectivity index (χ0v) is 11.0. The van der Waals surface area contributed by atoms with Gasteiger partial charge in [0.25, 0.3) is 5.91 Å². The summed E-state index contributed by atoms with van der Waals surface area (Å²) in [6, 6.07) is 1.51. The molecule has 0 saturated carbocycles. The standard InChI is InChI=1S/C9H8Cl2N4OS/c1-15-8(5(12)3-13-15)14-9(16)4-2-6(10)17-7(4)11/h2-3H,12H2,1H3,(H,14,16). The van der Waals surface area contributed by atoms with Gasteiger partial charge in [-0.3, -0.25) is 9.48 Å². The van der Waals surface area contributed by atoms with E-state index in [2.05, 4.69) is 10.4 Å². The van der Waals surface area contributed by atoms with E-state index in [1.54, 1.807) is 7.05 Å². The van der Waals surface area contributed by atoms with Crippen molar-refractivity contribution in [1.82, 2.24) is 9.78 Å². The second kappa shape index (κ2) is 4.56. The van der Waals surface area contributed by atoms with Crippen LogP contribution in [0.2, 0.25) is 8.67 Å². The van der Waals surface area contributed by atoms with Gasteiger partial charge >= 0.3 is 0 Å².